The van der Waals surface area contributed by atoms with Gasteiger partial charge in [-0.1, -0.05) is 19.9 Å². The molecule has 0 bridgehead atoms. The Labute approximate surface area is 136 Å². The summed E-state index contributed by atoms with van der Waals surface area (Å²) in [5.74, 6) is -0.417. The van der Waals surface area contributed by atoms with Crippen molar-refractivity contribution in [2.75, 3.05) is 0 Å². The number of fused-ring (bicyclic) bond motifs is 1. The second kappa shape index (κ2) is 6.00. The van der Waals surface area contributed by atoms with Crippen LogP contribution >= 0.6 is 11.3 Å². The molecule has 0 atom stereocenters. The second-order valence-corrected chi connectivity index (χ2v) is 6.55. The van der Waals surface area contributed by atoms with Crippen LogP contribution in [0.25, 0.3) is 22.4 Å². The summed E-state index contributed by atoms with van der Waals surface area (Å²) >= 11 is 1.49. The van der Waals surface area contributed by atoms with E-state index in [0.717, 1.165) is 21.8 Å². The first kappa shape index (κ1) is 15.5. The van der Waals surface area contributed by atoms with Gasteiger partial charge in [0.25, 0.3) is 0 Å². The molecule has 2 aromatic heterocycles. The highest BCUT2D eigenvalue weighted by molar-refractivity contribution is 7.09. The molecular formula is C16H17N3O3S. The van der Waals surface area contributed by atoms with Crippen molar-refractivity contribution in [1.82, 2.24) is 14.9 Å². The Hall–Kier alpha value is -2.41. The summed E-state index contributed by atoms with van der Waals surface area (Å²) in [6, 6.07) is 5.56. The average molecular weight is 331 g/mol. The third-order valence-corrected chi connectivity index (χ3v) is 4.43. The molecule has 0 saturated carbocycles. The molecule has 0 aliphatic heterocycles. The minimum atomic E-state index is -0.382. The summed E-state index contributed by atoms with van der Waals surface area (Å²) in [4.78, 5) is 27.7. The van der Waals surface area contributed by atoms with Crippen LogP contribution in [0.3, 0.4) is 0 Å². The molecule has 2 heterocycles. The Morgan fingerprint density at radius 1 is 1.43 bits per heavy atom. The number of nitrogens with zero attached hydrogens (tertiary/aromatic N) is 2. The van der Waals surface area contributed by atoms with E-state index in [0.29, 0.717) is 12.1 Å². The molecule has 6 nitrogen and oxygen atoms in total. The normalized spacial score (nSPS) is 11.3. The van der Waals surface area contributed by atoms with E-state index in [1.54, 1.807) is 7.05 Å². The van der Waals surface area contributed by atoms with Gasteiger partial charge in [-0.05, 0) is 12.1 Å². The highest BCUT2D eigenvalue weighted by Gasteiger charge is 2.11. The Morgan fingerprint density at radius 3 is 2.96 bits per heavy atom. The fourth-order valence-electron chi connectivity index (χ4n) is 2.18. The maximum atomic E-state index is 11.6. The molecule has 0 aliphatic rings. The number of carbonyl (C=O) groups is 1. The number of aryl methyl sites for hydroxylation is 1. The van der Waals surface area contributed by atoms with E-state index in [1.165, 1.54) is 15.9 Å². The predicted molar refractivity (Wildman–Crippen MR) is 89.2 cm³/mol. The van der Waals surface area contributed by atoms with Gasteiger partial charge in [0.15, 0.2) is 5.58 Å². The molecule has 23 heavy (non-hydrogen) atoms. The quantitative estimate of drug-likeness (QED) is 0.797. The molecule has 3 rings (SSSR count). The number of thiazole rings is 1. The van der Waals surface area contributed by atoms with Gasteiger partial charge in [0.05, 0.1) is 17.8 Å². The van der Waals surface area contributed by atoms with E-state index in [9.17, 15) is 9.59 Å². The lowest BCUT2D eigenvalue weighted by Gasteiger charge is -2.04. The summed E-state index contributed by atoms with van der Waals surface area (Å²) in [5.41, 5.74) is 2.97. The van der Waals surface area contributed by atoms with Crippen LogP contribution in [-0.2, 0) is 18.4 Å². The standard InChI is InChI=1S/C16H17N3O3S/c1-9(2)15(20)17-7-14-18-11(8-23-14)10-4-5-12-13(6-10)22-16(21)19(12)3/h4-6,8-9H,7H2,1-3H3,(H,17,20). The zero-order valence-corrected chi connectivity index (χ0v) is 13.9. The first-order chi connectivity index (χ1) is 11.0. The third kappa shape index (κ3) is 3.05. The molecule has 0 fully saturated rings. The summed E-state index contributed by atoms with van der Waals surface area (Å²) in [5, 5.41) is 5.62. The van der Waals surface area contributed by atoms with Gasteiger partial charge in [0.2, 0.25) is 5.91 Å². The summed E-state index contributed by atoms with van der Waals surface area (Å²) in [7, 11) is 1.67. The Bertz CT molecular complexity index is 920. The highest BCUT2D eigenvalue weighted by Crippen LogP contribution is 2.25. The Balaban J connectivity index is 1.82. The van der Waals surface area contributed by atoms with Crippen molar-refractivity contribution in [1.29, 1.82) is 0 Å². The molecule has 1 N–H and O–H groups in total. The summed E-state index contributed by atoms with van der Waals surface area (Å²) < 4.78 is 6.66. The highest BCUT2D eigenvalue weighted by atomic mass is 32.1. The molecule has 0 saturated heterocycles. The van der Waals surface area contributed by atoms with E-state index < -0.39 is 0 Å². The Morgan fingerprint density at radius 2 is 2.22 bits per heavy atom. The van der Waals surface area contributed by atoms with Crippen molar-refractivity contribution in [2.24, 2.45) is 13.0 Å². The zero-order chi connectivity index (χ0) is 16.6. The van der Waals surface area contributed by atoms with Crippen molar-refractivity contribution in [3.05, 3.63) is 39.1 Å². The van der Waals surface area contributed by atoms with Crippen LogP contribution in [0.1, 0.15) is 18.9 Å². The van der Waals surface area contributed by atoms with E-state index >= 15 is 0 Å². The van der Waals surface area contributed by atoms with Gasteiger partial charge >= 0.3 is 5.76 Å². The molecule has 1 aromatic carbocycles. The molecule has 0 spiro atoms. The second-order valence-electron chi connectivity index (χ2n) is 5.61. The fourth-order valence-corrected chi connectivity index (χ4v) is 2.93. The minimum Gasteiger partial charge on any atom is -0.408 e. The number of nitrogens with one attached hydrogen (secondary N) is 1. The predicted octanol–water partition coefficient (Wildman–Crippen LogP) is 2.53. The number of oxazole rings is 1. The lowest BCUT2D eigenvalue weighted by atomic mass is 10.1. The van der Waals surface area contributed by atoms with Gasteiger partial charge in [0.1, 0.15) is 5.01 Å². The van der Waals surface area contributed by atoms with E-state index in [4.69, 9.17) is 4.42 Å². The lowest BCUT2D eigenvalue weighted by molar-refractivity contribution is -0.124. The molecule has 0 aliphatic carbocycles. The zero-order valence-electron chi connectivity index (χ0n) is 13.1. The molecule has 3 aromatic rings. The van der Waals surface area contributed by atoms with Crippen molar-refractivity contribution in [3.8, 4) is 11.3 Å². The topological polar surface area (TPSA) is 77.1 Å². The number of amides is 1. The maximum absolute atomic E-state index is 11.6. The number of hydrogen-bond donors (Lipinski definition) is 1. The monoisotopic (exact) mass is 331 g/mol. The number of benzene rings is 1. The van der Waals surface area contributed by atoms with Crippen molar-refractivity contribution >= 4 is 28.3 Å². The van der Waals surface area contributed by atoms with Gasteiger partial charge in [-0.2, -0.15) is 0 Å². The van der Waals surface area contributed by atoms with Crippen molar-refractivity contribution < 1.29 is 9.21 Å². The number of rotatable bonds is 4. The van der Waals surface area contributed by atoms with Crippen LogP contribution < -0.4 is 11.1 Å². The van der Waals surface area contributed by atoms with Gasteiger partial charge in [-0.15, -0.1) is 11.3 Å². The molecule has 0 unspecified atom stereocenters. The summed E-state index contributed by atoms with van der Waals surface area (Å²) in [6.45, 7) is 4.13. The van der Waals surface area contributed by atoms with Crippen LogP contribution in [0.15, 0.2) is 32.8 Å². The minimum absolute atomic E-state index is 0.00855. The molecular weight excluding hydrogens is 314 g/mol. The third-order valence-electron chi connectivity index (χ3n) is 3.58. The number of hydrogen-bond acceptors (Lipinski definition) is 5. The molecule has 120 valence electrons. The SMILES string of the molecule is CC(C)C(=O)NCc1nc(-c2ccc3c(c2)oc(=O)n3C)cs1. The van der Waals surface area contributed by atoms with E-state index in [-0.39, 0.29) is 17.6 Å². The smallest absolute Gasteiger partial charge is 0.408 e. The molecule has 1 amide bonds. The van der Waals surface area contributed by atoms with E-state index in [1.807, 2.05) is 37.4 Å². The van der Waals surface area contributed by atoms with Crippen LogP contribution in [0, 0.1) is 5.92 Å². The average Bonchev–Trinajstić information content (AvgIpc) is 3.10. The van der Waals surface area contributed by atoms with E-state index in [2.05, 4.69) is 10.3 Å². The van der Waals surface area contributed by atoms with Crippen LogP contribution in [-0.4, -0.2) is 15.5 Å². The van der Waals surface area contributed by atoms with Crippen LogP contribution in [0.4, 0.5) is 0 Å². The number of aromatic nitrogens is 2. The largest absolute Gasteiger partial charge is 0.419 e. The van der Waals surface area contributed by atoms with Crippen LogP contribution in [0.2, 0.25) is 0 Å². The first-order valence-electron chi connectivity index (χ1n) is 7.28. The molecule has 0 radical (unpaired) electrons. The van der Waals surface area contributed by atoms with Crippen molar-refractivity contribution in [3.63, 3.8) is 0 Å². The van der Waals surface area contributed by atoms with Gasteiger partial charge < -0.3 is 9.73 Å². The van der Waals surface area contributed by atoms with Gasteiger partial charge in [-0.3, -0.25) is 9.36 Å². The number of carbonyl (C=O) groups excluding carboxylic acids is 1. The summed E-state index contributed by atoms with van der Waals surface area (Å²) in [6.07, 6.45) is 0. The Kier molecular flexibility index (Phi) is 4.04. The lowest BCUT2D eigenvalue weighted by Crippen LogP contribution is -2.26. The maximum Gasteiger partial charge on any atom is 0.419 e. The molecule has 7 heteroatoms. The van der Waals surface area contributed by atoms with Crippen molar-refractivity contribution in [2.45, 2.75) is 20.4 Å². The fraction of sp³-hybridized carbons (Fsp3) is 0.312. The first-order valence-corrected chi connectivity index (χ1v) is 8.15. The van der Waals surface area contributed by atoms with Gasteiger partial charge in [-0.25, -0.2) is 9.78 Å². The van der Waals surface area contributed by atoms with Gasteiger partial charge in [0, 0.05) is 23.9 Å². The van der Waals surface area contributed by atoms with Crippen LogP contribution in [0.5, 0.6) is 0 Å².